The fourth-order valence-electron chi connectivity index (χ4n) is 2.07. The van der Waals surface area contributed by atoms with E-state index in [1.807, 2.05) is 13.0 Å². The standard InChI is InChI=1S/C12H18N2O4S/c1-2-4-14(11(15)8-19-5-3-13)10-7-18-6-9(10)12(16)17/h9-10H,2,4-8H2,1H3,(H,16,17). The predicted molar refractivity (Wildman–Crippen MR) is 70.7 cm³/mol. The summed E-state index contributed by atoms with van der Waals surface area (Å²) >= 11 is 1.24. The number of carbonyl (C=O) groups excluding carboxylic acids is 1. The molecule has 0 radical (unpaired) electrons. The number of ether oxygens (including phenoxy) is 1. The third kappa shape index (κ3) is 4.40. The van der Waals surface area contributed by atoms with Crippen LogP contribution in [0.4, 0.5) is 0 Å². The van der Waals surface area contributed by atoms with E-state index in [2.05, 4.69) is 0 Å². The summed E-state index contributed by atoms with van der Waals surface area (Å²) < 4.78 is 5.20. The number of aliphatic carboxylic acids is 1. The molecular weight excluding hydrogens is 268 g/mol. The SMILES string of the molecule is CCCN(C(=O)CSCC#N)C1COCC1C(=O)O. The highest BCUT2D eigenvalue weighted by atomic mass is 32.2. The molecule has 0 saturated carbocycles. The maximum Gasteiger partial charge on any atom is 0.311 e. The molecule has 0 aromatic heterocycles. The largest absolute Gasteiger partial charge is 0.481 e. The van der Waals surface area contributed by atoms with Crippen molar-refractivity contribution in [1.82, 2.24) is 4.90 Å². The van der Waals surface area contributed by atoms with Crippen LogP contribution in [0, 0.1) is 17.2 Å². The lowest BCUT2D eigenvalue weighted by Gasteiger charge is -2.30. The first-order chi connectivity index (χ1) is 9.11. The Balaban J connectivity index is 2.67. The number of carbonyl (C=O) groups is 2. The van der Waals surface area contributed by atoms with E-state index in [9.17, 15) is 9.59 Å². The van der Waals surface area contributed by atoms with Gasteiger partial charge in [-0.2, -0.15) is 5.26 Å². The first-order valence-electron chi connectivity index (χ1n) is 6.16. The van der Waals surface area contributed by atoms with Crippen LogP contribution in [0.2, 0.25) is 0 Å². The number of amides is 1. The second-order valence-electron chi connectivity index (χ2n) is 4.29. The summed E-state index contributed by atoms with van der Waals surface area (Å²) in [6, 6.07) is 1.57. The normalized spacial score (nSPS) is 21.9. The molecule has 1 aliphatic rings. The Kier molecular flexibility index (Phi) is 6.67. The highest BCUT2D eigenvalue weighted by Gasteiger charge is 2.39. The van der Waals surface area contributed by atoms with Crippen molar-refractivity contribution in [1.29, 1.82) is 5.26 Å². The average Bonchev–Trinajstić information content (AvgIpc) is 2.85. The Morgan fingerprint density at radius 2 is 2.26 bits per heavy atom. The van der Waals surface area contributed by atoms with Crippen molar-refractivity contribution < 1.29 is 19.4 Å². The molecule has 0 aromatic rings. The van der Waals surface area contributed by atoms with Crippen molar-refractivity contribution in [2.75, 3.05) is 31.3 Å². The van der Waals surface area contributed by atoms with Crippen LogP contribution in [-0.4, -0.2) is 59.2 Å². The van der Waals surface area contributed by atoms with Crippen molar-refractivity contribution in [3.05, 3.63) is 0 Å². The monoisotopic (exact) mass is 286 g/mol. The lowest BCUT2D eigenvalue weighted by atomic mass is 10.0. The van der Waals surface area contributed by atoms with Gasteiger partial charge in [-0.05, 0) is 6.42 Å². The second-order valence-corrected chi connectivity index (χ2v) is 5.27. The molecule has 1 rings (SSSR count). The van der Waals surface area contributed by atoms with Crippen LogP contribution in [0.5, 0.6) is 0 Å². The highest BCUT2D eigenvalue weighted by molar-refractivity contribution is 8.00. The maximum absolute atomic E-state index is 12.1. The number of carboxylic acids is 1. The predicted octanol–water partition coefficient (Wildman–Crippen LogP) is 0.581. The fraction of sp³-hybridized carbons (Fsp3) is 0.750. The first kappa shape index (κ1) is 15.8. The molecular formula is C12H18N2O4S. The Morgan fingerprint density at radius 1 is 1.53 bits per heavy atom. The van der Waals surface area contributed by atoms with E-state index in [1.54, 1.807) is 4.90 Å². The lowest BCUT2D eigenvalue weighted by Crippen LogP contribution is -2.47. The summed E-state index contributed by atoms with van der Waals surface area (Å²) in [4.78, 5) is 24.8. The highest BCUT2D eigenvalue weighted by Crippen LogP contribution is 2.21. The minimum absolute atomic E-state index is 0.121. The van der Waals surface area contributed by atoms with Gasteiger partial charge in [-0.1, -0.05) is 6.92 Å². The topological polar surface area (TPSA) is 90.6 Å². The van der Waals surface area contributed by atoms with Crippen molar-refractivity contribution in [2.45, 2.75) is 19.4 Å². The van der Waals surface area contributed by atoms with Crippen LogP contribution in [-0.2, 0) is 14.3 Å². The average molecular weight is 286 g/mol. The van der Waals surface area contributed by atoms with Crippen LogP contribution in [0.3, 0.4) is 0 Å². The van der Waals surface area contributed by atoms with Gasteiger partial charge in [-0.15, -0.1) is 11.8 Å². The molecule has 0 aliphatic carbocycles. The van der Waals surface area contributed by atoms with E-state index in [0.717, 1.165) is 6.42 Å². The fourth-order valence-corrected chi connectivity index (χ4v) is 2.60. The van der Waals surface area contributed by atoms with Gasteiger partial charge in [0.15, 0.2) is 0 Å². The lowest BCUT2D eigenvalue weighted by molar-refractivity contribution is -0.144. The molecule has 0 spiro atoms. The Labute approximate surface area is 116 Å². The van der Waals surface area contributed by atoms with Crippen LogP contribution in [0.25, 0.3) is 0 Å². The van der Waals surface area contributed by atoms with Crippen LogP contribution in [0.15, 0.2) is 0 Å². The molecule has 2 unspecified atom stereocenters. The maximum atomic E-state index is 12.1. The molecule has 1 fully saturated rings. The number of carboxylic acid groups (broad SMARTS) is 1. The number of nitriles is 1. The van der Waals surface area contributed by atoms with E-state index in [1.165, 1.54) is 11.8 Å². The second kappa shape index (κ2) is 8.02. The van der Waals surface area contributed by atoms with Crippen molar-refractivity contribution >= 4 is 23.6 Å². The van der Waals surface area contributed by atoms with Gasteiger partial charge in [0.05, 0.1) is 36.8 Å². The first-order valence-corrected chi connectivity index (χ1v) is 7.32. The molecule has 0 bridgehead atoms. The number of hydrogen-bond acceptors (Lipinski definition) is 5. The Hall–Kier alpha value is -1.26. The summed E-state index contributed by atoms with van der Waals surface area (Å²) in [5.41, 5.74) is 0. The molecule has 7 heteroatoms. The zero-order chi connectivity index (χ0) is 14.3. The third-order valence-electron chi connectivity index (χ3n) is 2.95. The van der Waals surface area contributed by atoms with E-state index in [-0.39, 0.29) is 30.6 Å². The van der Waals surface area contributed by atoms with Gasteiger partial charge in [-0.25, -0.2) is 0 Å². The van der Waals surface area contributed by atoms with Crippen LogP contribution < -0.4 is 0 Å². The molecule has 1 heterocycles. The van der Waals surface area contributed by atoms with E-state index in [0.29, 0.717) is 6.54 Å². The van der Waals surface area contributed by atoms with Gasteiger partial charge in [0.1, 0.15) is 5.92 Å². The van der Waals surface area contributed by atoms with Gasteiger partial charge in [0.2, 0.25) is 5.91 Å². The van der Waals surface area contributed by atoms with E-state index < -0.39 is 17.9 Å². The Morgan fingerprint density at radius 3 is 2.84 bits per heavy atom. The summed E-state index contributed by atoms with van der Waals surface area (Å²) in [5.74, 6) is -1.24. The summed E-state index contributed by atoms with van der Waals surface area (Å²) in [5, 5.41) is 17.6. The zero-order valence-electron chi connectivity index (χ0n) is 10.9. The number of rotatable bonds is 7. The molecule has 6 nitrogen and oxygen atoms in total. The molecule has 1 saturated heterocycles. The number of thioether (sulfide) groups is 1. The summed E-state index contributed by atoms with van der Waals surface area (Å²) in [6.45, 7) is 2.88. The number of hydrogen-bond donors (Lipinski definition) is 1. The quantitative estimate of drug-likeness (QED) is 0.688. The van der Waals surface area contributed by atoms with Crippen LogP contribution in [0.1, 0.15) is 13.3 Å². The Bertz CT molecular complexity index is 369. The van der Waals surface area contributed by atoms with Gasteiger partial charge in [0, 0.05) is 6.54 Å². The van der Waals surface area contributed by atoms with Crippen LogP contribution >= 0.6 is 11.8 Å². The van der Waals surface area contributed by atoms with Gasteiger partial charge < -0.3 is 14.7 Å². The molecule has 2 atom stereocenters. The minimum Gasteiger partial charge on any atom is -0.481 e. The van der Waals surface area contributed by atoms with Crippen molar-refractivity contribution in [3.8, 4) is 6.07 Å². The molecule has 1 amide bonds. The smallest absolute Gasteiger partial charge is 0.311 e. The molecule has 0 aromatic carbocycles. The summed E-state index contributed by atoms with van der Waals surface area (Å²) in [7, 11) is 0. The molecule has 1 N–H and O–H groups in total. The zero-order valence-corrected chi connectivity index (χ0v) is 11.7. The van der Waals surface area contributed by atoms with Crippen molar-refractivity contribution in [2.24, 2.45) is 5.92 Å². The summed E-state index contributed by atoms with van der Waals surface area (Å²) in [6.07, 6.45) is 0.761. The van der Waals surface area contributed by atoms with E-state index in [4.69, 9.17) is 15.1 Å². The minimum atomic E-state index is -0.930. The van der Waals surface area contributed by atoms with Gasteiger partial charge >= 0.3 is 5.97 Å². The molecule has 19 heavy (non-hydrogen) atoms. The molecule has 1 aliphatic heterocycles. The van der Waals surface area contributed by atoms with Gasteiger partial charge in [-0.3, -0.25) is 9.59 Å². The number of nitrogens with zero attached hydrogens (tertiary/aromatic N) is 2. The third-order valence-corrected chi connectivity index (χ3v) is 3.73. The van der Waals surface area contributed by atoms with E-state index >= 15 is 0 Å². The van der Waals surface area contributed by atoms with Crippen molar-refractivity contribution in [3.63, 3.8) is 0 Å². The molecule has 106 valence electrons. The van der Waals surface area contributed by atoms with Gasteiger partial charge in [0.25, 0.3) is 0 Å².